The van der Waals surface area contributed by atoms with E-state index in [2.05, 4.69) is 4.98 Å². The summed E-state index contributed by atoms with van der Waals surface area (Å²) in [5.74, 6) is -1.53. The van der Waals surface area contributed by atoms with Crippen molar-refractivity contribution in [3.63, 3.8) is 0 Å². The van der Waals surface area contributed by atoms with Crippen LogP contribution in [-0.4, -0.2) is 10.9 Å². The van der Waals surface area contributed by atoms with E-state index in [0.717, 1.165) is 6.07 Å². The Hall–Kier alpha value is -3.14. The lowest BCUT2D eigenvalue weighted by molar-refractivity contribution is 0.0996. The smallest absolute Gasteiger partial charge is 0.251 e. The number of carbonyl (C=O) groups is 1. The van der Waals surface area contributed by atoms with Crippen LogP contribution in [0.25, 0.3) is 0 Å². The van der Waals surface area contributed by atoms with Crippen molar-refractivity contribution in [1.29, 1.82) is 5.26 Å². The number of halogens is 1. The minimum atomic E-state index is -0.870. The Kier molecular flexibility index (Phi) is 3.48. The van der Waals surface area contributed by atoms with Crippen LogP contribution in [0.4, 0.5) is 10.1 Å². The average Bonchev–Trinajstić information content (AvgIpc) is 2.40. The minimum Gasteiger partial charge on any atom is -0.437 e. The van der Waals surface area contributed by atoms with E-state index in [0.29, 0.717) is 0 Å². The largest absolute Gasteiger partial charge is 0.437 e. The average molecular weight is 272 g/mol. The molecule has 0 unspecified atom stereocenters. The van der Waals surface area contributed by atoms with Crippen LogP contribution in [-0.2, 0) is 0 Å². The molecule has 0 radical (unpaired) electrons. The Balaban J connectivity index is 2.29. The topological polar surface area (TPSA) is 115 Å². The van der Waals surface area contributed by atoms with Crippen molar-refractivity contribution in [1.82, 2.24) is 4.98 Å². The number of hydrogen-bond acceptors (Lipinski definition) is 5. The minimum absolute atomic E-state index is 0.0372. The number of nitrogens with two attached hydrogens (primary N) is 2. The molecule has 0 aliphatic rings. The van der Waals surface area contributed by atoms with Gasteiger partial charge in [-0.1, -0.05) is 0 Å². The molecule has 6 nitrogen and oxygen atoms in total. The van der Waals surface area contributed by atoms with Gasteiger partial charge in [-0.2, -0.15) is 5.26 Å². The molecule has 0 saturated carbocycles. The fraction of sp³-hybridized carbons (Fsp3) is 0. The lowest BCUT2D eigenvalue weighted by Gasteiger charge is -2.08. The summed E-state index contributed by atoms with van der Waals surface area (Å²) in [6.07, 6.45) is 1.28. The number of rotatable bonds is 3. The molecule has 1 aromatic heterocycles. The van der Waals surface area contributed by atoms with Crippen LogP contribution in [0.2, 0.25) is 0 Å². The number of benzene rings is 1. The van der Waals surface area contributed by atoms with Crippen molar-refractivity contribution in [3.05, 3.63) is 47.4 Å². The van der Waals surface area contributed by atoms with Gasteiger partial charge < -0.3 is 16.2 Å². The summed E-state index contributed by atoms with van der Waals surface area (Å²) in [5, 5.41) is 8.68. The van der Waals surface area contributed by atoms with Crippen molar-refractivity contribution in [2.75, 3.05) is 5.73 Å². The molecule has 1 amide bonds. The second kappa shape index (κ2) is 5.24. The van der Waals surface area contributed by atoms with Crippen molar-refractivity contribution < 1.29 is 13.9 Å². The van der Waals surface area contributed by atoms with Gasteiger partial charge in [0.25, 0.3) is 5.91 Å². The van der Waals surface area contributed by atoms with Crippen LogP contribution in [0, 0.1) is 17.1 Å². The number of hydrogen-bond donors (Lipinski definition) is 2. The number of ether oxygens (including phenoxy) is 1. The van der Waals surface area contributed by atoms with E-state index in [1.165, 1.54) is 24.4 Å². The van der Waals surface area contributed by atoms with Gasteiger partial charge in [0.15, 0.2) is 0 Å². The Bertz CT molecular complexity index is 725. The second-order valence-electron chi connectivity index (χ2n) is 3.84. The number of aromatic nitrogens is 1. The van der Waals surface area contributed by atoms with E-state index in [1.807, 2.05) is 6.07 Å². The summed E-state index contributed by atoms with van der Waals surface area (Å²) >= 11 is 0. The third-order valence-electron chi connectivity index (χ3n) is 2.43. The normalized spacial score (nSPS) is 9.80. The van der Waals surface area contributed by atoms with Gasteiger partial charge >= 0.3 is 0 Å². The molecule has 2 rings (SSSR count). The number of anilines is 1. The van der Waals surface area contributed by atoms with Gasteiger partial charge in [-0.25, -0.2) is 9.37 Å². The highest BCUT2D eigenvalue weighted by atomic mass is 19.1. The lowest BCUT2D eigenvalue weighted by atomic mass is 10.2. The van der Waals surface area contributed by atoms with Crippen molar-refractivity contribution in [2.24, 2.45) is 5.73 Å². The van der Waals surface area contributed by atoms with Gasteiger partial charge in [0.2, 0.25) is 5.88 Å². The molecule has 7 heteroatoms. The van der Waals surface area contributed by atoms with Crippen molar-refractivity contribution in [2.45, 2.75) is 0 Å². The van der Waals surface area contributed by atoms with Gasteiger partial charge in [0, 0.05) is 12.3 Å². The predicted molar refractivity (Wildman–Crippen MR) is 68.4 cm³/mol. The number of amides is 1. The Morgan fingerprint density at radius 2 is 2.15 bits per heavy atom. The van der Waals surface area contributed by atoms with Crippen LogP contribution in [0.1, 0.15) is 15.9 Å². The summed E-state index contributed by atoms with van der Waals surface area (Å²) in [7, 11) is 0. The molecular weight excluding hydrogens is 263 g/mol. The lowest BCUT2D eigenvalue weighted by Crippen LogP contribution is -2.12. The highest BCUT2D eigenvalue weighted by Crippen LogP contribution is 2.26. The number of nitriles is 1. The Morgan fingerprint density at radius 3 is 2.70 bits per heavy atom. The number of primary amides is 1. The highest BCUT2D eigenvalue weighted by Gasteiger charge is 2.11. The quantitative estimate of drug-likeness (QED) is 0.879. The third kappa shape index (κ3) is 2.64. The molecule has 0 aliphatic heterocycles. The zero-order chi connectivity index (χ0) is 14.7. The van der Waals surface area contributed by atoms with Gasteiger partial charge in [-0.15, -0.1) is 0 Å². The maximum Gasteiger partial charge on any atom is 0.251 e. The molecule has 0 spiro atoms. The van der Waals surface area contributed by atoms with Gasteiger partial charge in [0.1, 0.15) is 17.6 Å². The predicted octanol–water partition coefficient (Wildman–Crippen LogP) is 1.57. The maximum absolute atomic E-state index is 13.5. The highest BCUT2D eigenvalue weighted by molar-refractivity contribution is 5.93. The van der Waals surface area contributed by atoms with E-state index < -0.39 is 11.7 Å². The maximum atomic E-state index is 13.5. The first-order valence-electron chi connectivity index (χ1n) is 5.44. The Morgan fingerprint density at radius 1 is 1.40 bits per heavy atom. The fourth-order valence-electron chi connectivity index (χ4n) is 1.49. The molecule has 1 heterocycles. The number of carbonyl (C=O) groups excluding carboxylic acids is 1. The van der Waals surface area contributed by atoms with Crippen molar-refractivity contribution in [3.8, 4) is 17.7 Å². The molecule has 2 aromatic rings. The summed E-state index contributed by atoms with van der Waals surface area (Å²) in [6, 6.07) is 6.83. The van der Waals surface area contributed by atoms with Crippen LogP contribution < -0.4 is 16.2 Å². The van der Waals surface area contributed by atoms with E-state index >= 15 is 0 Å². The van der Waals surface area contributed by atoms with Crippen LogP contribution in [0.3, 0.4) is 0 Å². The third-order valence-corrected chi connectivity index (χ3v) is 2.43. The fourth-order valence-corrected chi connectivity index (χ4v) is 1.49. The first kappa shape index (κ1) is 13.3. The number of nitrogen functional groups attached to an aromatic ring is 1. The summed E-state index contributed by atoms with van der Waals surface area (Å²) in [6.45, 7) is 0. The first-order chi connectivity index (χ1) is 9.51. The van der Waals surface area contributed by atoms with Crippen LogP contribution >= 0.6 is 0 Å². The first-order valence-corrected chi connectivity index (χ1v) is 5.44. The zero-order valence-corrected chi connectivity index (χ0v) is 10.1. The van der Waals surface area contributed by atoms with E-state index in [1.54, 1.807) is 0 Å². The summed E-state index contributed by atoms with van der Waals surface area (Å²) in [4.78, 5) is 14.7. The van der Waals surface area contributed by atoms with Crippen molar-refractivity contribution >= 4 is 11.6 Å². The molecule has 4 N–H and O–H groups in total. The molecule has 0 fully saturated rings. The molecular formula is C13H9FN4O2. The SMILES string of the molecule is N#Cc1cnc(Oc2ccc(C(N)=O)c(F)c2)c(N)c1. The van der Waals surface area contributed by atoms with E-state index in [9.17, 15) is 9.18 Å². The monoisotopic (exact) mass is 272 g/mol. The number of pyridine rings is 1. The Labute approximate surface area is 113 Å². The van der Waals surface area contributed by atoms with Crippen LogP contribution in [0.15, 0.2) is 30.5 Å². The summed E-state index contributed by atoms with van der Waals surface area (Å²) in [5.41, 5.74) is 10.8. The zero-order valence-electron chi connectivity index (χ0n) is 10.1. The van der Waals surface area contributed by atoms with Gasteiger partial charge in [-0.3, -0.25) is 4.79 Å². The molecule has 0 atom stereocenters. The van der Waals surface area contributed by atoms with Crippen LogP contribution in [0.5, 0.6) is 11.6 Å². The molecule has 0 aliphatic carbocycles. The number of nitrogens with zero attached hydrogens (tertiary/aromatic N) is 2. The second-order valence-corrected chi connectivity index (χ2v) is 3.84. The van der Waals surface area contributed by atoms with E-state index in [-0.39, 0.29) is 28.4 Å². The molecule has 20 heavy (non-hydrogen) atoms. The molecule has 0 saturated heterocycles. The molecule has 100 valence electrons. The summed E-state index contributed by atoms with van der Waals surface area (Å²) < 4.78 is 18.8. The standard InChI is InChI=1S/C13H9FN4O2/c14-10-4-8(1-2-9(10)12(17)19)20-13-11(16)3-7(5-15)6-18-13/h1-4,6H,16H2,(H2,17,19). The molecule has 0 bridgehead atoms. The molecule has 1 aromatic carbocycles. The van der Waals surface area contributed by atoms with Gasteiger partial charge in [0.05, 0.1) is 16.8 Å². The van der Waals surface area contributed by atoms with E-state index in [4.69, 9.17) is 21.5 Å². The van der Waals surface area contributed by atoms with Gasteiger partial charge in [-0.05, 0) is 18.2 Å².